The molecule has 0 atom stereocenters. The summed E-state index contributed by atoms with van der Waals surface area (Å²) in [6, 6.07) is 0. The molecule has 0 bridgehead atoms. The summed E-state index contributed by atoms with van der Waals surface area (Å²) in [5.41, 5.74) is 6.58. The minimum absolute atomic E-state index is 0.355. The SMILES string of the molecule is CC/C(NC)=C(/C)C(N)=O. The summed E-state index contributed by atoms with van der Waals surface area (Å²) in [6.45, 7) is 3.69. The van der Waals surface area contributed by atoms with E-state index in [1.807, 2.05) is 6.92 Å². The van der Waals surface area contributed by atoms with E-state index >= 15 is 0 Å². The Balaban J connectivity index is 4.43. The smallest absolute Gasteiger partial charge is 0.246 e. The Morgan fingerprint density at radius 1 is 1.60 bits per heavy atom. The van der Waals surface area contributed by atoms with Crippen LogP contribution in [0.4, 0.5) is 0 Å². The standard InChI is InChI=1S/C7H14N2O/c1-4-6(9-3)5(2)7(8)10/h9H,4H2,1-3H3,(H2,8,10)/b6-5+. The van der Waals surface area contributed by atoms with Crippen LogP contribution >= 0.6 is 0 Å². The average molecular weight is 142 g/mol. The predicted octanol–water partition coefficient (Wildman–Crippen LogP) is 0.375. The summed E-state index contributed by atoms with van der Waals surface area (Å²) in [5.74, 6) is -0.355. The molecule has 10 heavy (non-hydrogen) atoms. The van der Waals surface area contributed by atoms with Crippen LogP contribution < -0.4 is 11.1 Å². The Hall–Kier alpha value is -0.990. The van der Waals surface area contributed by atoms with Gasteiger partial charge in [0.05, 0.1) is 0 Å². The van der Waals surface area contributed by atoms with Gasteiger partial charge in [-0.05, 0) is 13.3 Å². The van der Waals surface area contributed by atoms with E-state index in [4.69, 9.17) is 5.73 Å². The van der Waals surface area contributed by atoms with Crippen LogP contribution in [0.1, 0.15) is 20.3 Å². The Labute approximate surface area is 61.3 Å². The lowest BCUT2D eigenvalue weighted by molar-refractivity contribution is -0.114. The zero-order valence-corrected chi connectivity index (χ0v) is 6.69. The lowest BCUT2D eigenvalue weighted by Crippen LogP contribution is -2.18. The number of allylic oxidation sites excluding steroid dienone is 1. The molecular weight excluding hydrogens is 128 g/mol. The molecule has 0 aliphatic rings. The Morgan fingerprint density at radius 2 is 2.10 bits per heavy atom. The normalized spacial score (nSPS) is 12.3. The second kappa shape index (κ2) is 3.93. The number of hydrogen-bond acceptors (Lipinski definition) is 2. The van der Waals surface area contributed by atoms with Gasteiger partial charge in [0.15, 0.2) is 0 Å². The molecule has 0 aromatic carbocycles. The van der Waals surface area contributed by atoms with Gasteiger partial charge in [0.1, 0.15) is 0 Å². The molecule has 0 rings (SSSR count). The molecule has 0 fully saturated rings. The van der Waals surface area contributed by atoms with Crippen molar-refractivity contribution in [1.82, 2.24) is 5.32 Å². The van der Waals surface area contributed by atoms with Gasteiger partial charge in [-0.25, -0.2) is 0 Å². The molecule has 3 heteroatoms. The van der Waals surface area contributed by atoms with Crippen molar-refractivity contribution in [1.29, 1.82) is 0 Å². The number of amides is 1. The van der Waals surface area contributed by atoms with Crippen molar-refractivity contribution in [3.63, 3.8) is 0 Å². The van der Waals surface area contributed by atoms with Gasteiger partial charge in [0.25, 0.3) is 0 Å². The second-order valence-electron chi connectivity index (χ2n) is 2.07. The number of nitrogens with one attached hydrogen (secondary N) is 1. The first kappa shape index (κ1) is 9.01. The first-order chi connectivity index (χ1) is 4.63. The maximum absolute atomic E-state index is 10.6. The van der Waals surface area contributed by atoms with Crippen LogP contribution in [0.3, 0.4) is 0 Å². The monoisotopic (exact) mass is 142 g/mol. The highest BCUT2D eigenvalue weighted by atomic mass is 16.1. The van der Waals surface area contributed by atoms with Crippen molar-refractivity contribution >= 4 is 5.91 Å². The maximum Gasteiger partial charge on any atom is 0.246 e. The summed E-state index contributed by atoms with van der Waals surface area (Å²) < 4.78 is 0. The van der Waals surface area contributed by atoms with Gasteiger partial charge >= 0.3 is 0 Å². The fourth-order valence-corrected chi connectivity index (χ4v) is 0.778. The summed E-state index contributed by atoms with van der Waals surface area (Å²) >= 11 is 0. The van der Waals surface area contributed by atoms with E-state index in [0.717, 1.165) is 12.1 Å². The third kappa shape index (κ3) is 2.09. The number of primary amides is 1. The molecule has 3 nitrogen and oxygen atoms in total. The van der Waals surface area contributed by atoms with Gasteiger partial charge in [-0.1, -0.05) is 6.92 Å². The molecule has 0 aliphatic carbocycles. The van der Waals surface area contributed by atoms with E-state index in [2.05, 4.69) is 5.32 Å². The van der Waals surface area contributed by atoms with E-state index in [1.165, 1.54) is 0 Å². The van der Waals surface area contributed by atoms with Crippen LogP contribution in [0.15, 0.2) is 11.3 Å². The predicted molar refractivity (Wildman–Crippen MR) is 41.2 cm³/mol. The van der Waals surface area contributed by atoms with Crippen LogP contribution in [0.25, 0.3) is 0 Å². The summed E-state index contributed by atoms with van der Waals surface area (Å²) in [5, 5.41) is 2.91. The van der Waals surface area contributed by atoms with Crippen molar-refractivity contribution < 1.29 is 4.79 Å². The highest BCUT2D eigenvalue weighted by Crippen LogP contribution is 2.02. The lowest BCUT2D eigenvalue weighted by Gasteiger charge is -2.05. The van der Waals surface area contributed by atoms with Gasteiger partial charge in [-0.2, -0.15) is 0 Å². The summed E-state index contributed by atoms with van der Waals surface area (Å²) in [7, 11) is 1.78. The Kier molecular flexibility index (Phi) is 3.54. The fraction of sp³-hybridized carbons (Fsp3) is 0.571. The fourth-order valence-electron chi connectivity index (χ4n) is 0.778. The third-order valence-electron chi connectivity index (χ3n) is 1.48. The molecule has 3 N–H and O–H groups in total. The molecule has 0 saturated heterocycles. The average Bonchev–Trinajstić information content (AvgIpc) is 1.90. The molecule has 0 saturated carbocycles. The maximum atomic E-state index is 10.6. The quantitative estimate of drug-likeness (QED) is 0.559. The van der Waals surface area contributed by atoms with Crippen molar-refractivity contribution in [2.75, 3.05) is 7.05 Å². The topological polar surface area (TPSA) is 55.1 Å². The van der Waals surface area contributed by atoms with Gasteiger partial charge in [-0.15, -0.1) is 0 Å². The van der Waals surface area contributed by atoms with E-state index in [1.54, 1.807) is 14.0 Å². The molecular formula is C7H14N2O. The second-order valence-corrected chi connectivity index (χ2v) is 2.07. The molecule has 0 radical (unpaired) electrons. The van der Waals surface area contributed by atoms with Crippen molar-refractivity contribution in [2.24, 2.45) is 5.73 Å². The largest absolute Gasteiger partial charge is 0.391 e. The van der Waals surface area contributed by atoms with Gasteiger partial charge < -0.3 is 11.1 Å². The van der Waals surface area contributed by atoms with Crippen molar-refractivity contribution in [3.05, 3.63) is 11.3 Å². The van der Waals surface area contributed by atoms with Crippen molar-refractivity contribution in [2.45, 2.75) is 20.3 Å². The number of hydrogen-bond donors (Lipinski definition) is 2. The van der Waals surface area contributed by atoms with Crippen LogP contribution in [0.2, 0.25) is 0 Å². The van der Waals surface area contributed by atoms with Gasteiger partial charge in [-0.3, -0.25) is 4.79 Å². The molecule has 0 aromatic heterocycles. The summed E-state index contributed by atoms with van der Waals surface area (Å²) in [4.78, 5) is 10.6. The minimum Gasteiger partial charge on any atom is -0.391 e. The molecule has 0 aliphatic heterocycles. The number of carbonyl (C=O) groups is 1. The molecule has 58 valence electrons. The third-order valence-corrected chi connectivity index (χ3v) is 1.48. The van der Waals surface area contributed by atoms with E-state index in [9.17, 15) is 4.79 Å². The first-order valence-corrected chi connectivity index (χ1v) is 3.30. The van der Waals surface area contributed by atoms with E-state index in [-0.39, 0.29) is 5.91 Å². The van der Waals surface area contributed by atoms with Crippen molar-refractivity contribution in [3.8, 4) is 0 Å². The Morgan fingerprint density at radius 3 is 2.20 bits per heavy atom. The van der Waals surface area contributed by atoms with Crippen LogP contribution in [0.5, 0.6) is 0 Å². The van der Waals surface area contributed by atoms with E-state index in [0.29, 0.717) is 5.57 Å². The Bertz CT molecular complexity index is 155. The first-order valence-electron chi connectivity index (χ1n) is 3.30. The zero-order valence-electron chi connectivity index (χ0n) is 6.69. The lowest BCUT2D eigenvalue weighted by atomic mass is 10.2. The van der Waals surface area contributed by atoms with Crippen LogP contribution in [-0.4, -0.2) is 13.0 Å². The number of nitrogens with two attached hydrogens (primary N) is 1. The van der Waals surface area contributed by atoms with Gasteiger partial charge in [0, 0.05) is 18.3 Å². The molecule has 0 unspecified atom stereocenters. The summed E-state index contributed by atoms with van der Waals surface area (Å²) in [6.07, 6.45) is 0.811. The van der Waals surface area contributed by atoms with Gasteiger partial charge in [0.2, 0.25) is 5.91 Å². The minimum atomic E-state index is -0.355. The molecule has 1 amide bonds. The molecule has 0 aromatic rings. The molecule has 0 heterocycles. The number of carbonyl (C=O) groups excluding carboxylic acids is 1. The van der Waals surface area contributed by atoms with E-state index < -0.39 is 0 Å². The highest BCUT2D eigenvalue weighted by molar-refractivity contribution is 5.91. The molecule has 0 spiro atoms. The highest BCUT2D eigenvalue weighted by Gasteiger charge is 2.02. The number of rotatable bonds is 3. The van der Waals surface area contributed by atoms with Crippen LogP contribution in [0, 0.1) is 0 Å². The van der Waals surface area contributed by atoms with Crippen LogP contribution in [-0.2, 0) is 4.79 Å². The zero-order chi connectivity index (χ0) is 8.15.